The molecule has 2 heterocycles. The maximum Gasteiger partial charge on any atom is 0.223 e. The normalized spacial score (nSPS) is 11.6. The Morgan fingerprint density at radius 1 is 0.897 bits per heavy atom. The van der Waals surface area contributed by atoms with Crippen LogP contribution in [0.4, 0.5) is 5.95 Å². The van der Waals surface area contributed by atoms with E-state index in [1.54, 1.807) is 18.6 Å². The highest BCUT2D eigenvalue weighted by molar-refractivity contribution is 5.58. The summed E-state index contributed by atoms with van der Waals surface area (Å²) in [6, 6.07) is 22.6. The zero-order valence-corrected chi connectivity index (χ0v) is 15.6. The van der Waals surface area contributed by atoms with Crippen LogP contribution in [0.25, 0.3) is 11.3 Å². The molecule has 6 heteroatoms. The fourth-order valence-corrected chi connectivity index (χ4v) is 2.83. The first-order chi connectivity index (χ1) is 14.3. The summed E-state index contributed by atoms with van der Waals surface area (Å²) in [6.45, 7) is 0.269. The molecule has 1 unspecified atom stereocenters. The zero-order valence-electron chi connectivity index (χ0n) is 15.6. The van der Waals surface area contributed by atoms with Crippen molar-refractivity contribution in [3.63, 3.8) is 0 Å². The van der Waals surface area contributed by atoms with Crippen LogP contribution in [0, 0.1) is 0 Å². The number of aliphatic hydroxyl groups is 1. The molecular formula is C23H20N4O2. The lowest BCUT2D eigenvalue weighted by atomic mass is 10.1. The molecule has 0 amide bonds. The van der Waals surface area contributed by atoms with Gasteiger partial charge in [0.15, 0.2) is 0 Å². The number of aliphatic hydroxyl groups excluding tert-OH is 1. The number of para-hydroxylation sites is 1. The Hall–Kier alpha value is -3.77. The second-order valence-corrected chi connectivity index (χ2v) is 6.39. The van der Waals surface area contributed by atoms with Crippen LogP contribution in [0.5, 0.6) is 11.5 Å². The Balaban J connectivity index is 1.41. The molecule has 0 radical (unpaired) electrons. The van der Waals surface area contributed by atoms with E-state index >= 15 is 0 Å². The molecule has 2 aromatic heterocycles. The van der Waals surface area contributed by atoms with E-state index in [0.29, 0.717) is 11.7 Å². The van der Waals surface area contributed by atoms with E-state index in [9.17, 15) is 5.11 Å². The minimum Gasteiger partial charge on any atom is -0.457 e. The van der Waals surface area contributed by atoms with Gasteiger partial charge in [-0.15, -0.1) is 0 Å². The van der Waals surface area contributed by atoms with Gasteiger partial charge >= 0.3 is 0 Å². The Labute approximate surface area is 168 Å². The lowest BCUT2D eigenvalue weighted by Crippen LogP contribution is -2.14. The number of nitrogens with one attached hydrogen (secondary N) is 1. The molecule has 0 aliphatic carbocycles. The third kappa shape index (κ3) is 4.94. The van der Waals surface area contributed by atoms with Gasteiger partial charge < -0.3 is 15.2 Å². The van der Waals surface area contributed by atoms with Crippen LogP contribution < -0.4 is 10.1 Å². The van der Waals surface area contributed by atoms with Crippen molar-refractivity contribution in [2.24, 2.45) is 0 Å². The highest BCUT2D eigenvalue weighted by Crippen LogP contribution is 2.25. The molecule has 0 bridgehead atoms. The van der Waals surface area contributed by atoms with Crippen LogP contribution in [-0.2, 0) is 0 Å². The van der Waals surface area contributed by atoms with Gasteiger partial charge in [-0.3, -0.25) is 4.98 Å². The van der Waals surface area contributed by atoms with Gasteiger partial charge in [0.25, 0.3) is 0 Å². The fourth-order valence-electron chi connectivity index (χ4n) is 2.83. The van der Waals surface area contributed by atoms with Gasteiger partial charge in [0, 0.05) is 30.7 Å². The molecule has 144 valence electrons. The van der Waals surface area contributed by atoms with Crippen LogP contribution in [0.2, 0.25) is 0 Å². The van der Waals surface area contributed by atoms with Gasteiger partial charge in [0.1, 0.15) is 11.5 Å². The molecule has 2 N–H and O–H groups in total. The summed E-state index contributed by atoms with van der Waals surface area (Å²) in [5.74, 6) is 1.86. The van der Waals surface area contributed by atoms with Crippen LogP contribution in [0.15, 0.2) is 91.4 Å². The number of ether oxygens (including phenoxy) is 1. The average Bonchev–Trinajstić information content (AvgIpc) is 2.79. The van der Waals surface area contributed by atoms with Gasteiger partial charge in [-0.2, -0.15) is 0 Å². The van der Waals surface area contributed by atoms with E-state index in [-0.39, 0.29) is 6.54 Å². The molecule has 0 aliphatic heterocycles. The van der Waals surface area contributed by atoms with Crippen LogP contribution >= 0.6 is 0 Å². The minimum atomic E-state index is -0.736. The second kappa shape index (κ2) is 8.95. The van der Waals surface area contributed by atoms with Crippen molar-refractivity contribution in [3.8, 4) is 22.8 Å². The summed E-state index contributed by atoms with van der Waals surface area (Å²) in [5.41, 5.74) is 2.42. The van der Waals surface area contributed by atoms with Gasteiger partial charge in [-0.25, -0.2) is 9.97 Å². The van der Waals surface area contributed by atoms with E-state index in [2.05, 4.69) is 20.3 Å². The number of hydrogen-bond acceptors (Lipinski definition) is 6. The van der Waals surface area contributed by atoms with Crippen LogP contribution in [0.1, 0.15) is 11.7 Å². The molecule has 0 saturated heterocycles. The third-order valence-corrected chi connectivity index (χ3v) is 4.29. The number of benzene rings is 2. The SMILES string of the molecule is OC(CNc1nccc(-c2cccnc2)n1)c1cccc(Oc2ccccc2)c1. The van der Waals surface area contributed by atoms with Crippen molar-refractivity contribution in [2.75, 3.05) is 11.9 Å². The second-order valence-electron chi connectivity index (χ2n) is 6.39. The van der Waals surface area contributed by atoms with Gasteiger partial charge in [0.2, 0.25) is 5.95 Å². The highest BCUT2D eigenvalue weighted by atomic mass is 16.5. The van der Waals surface area contributed by atoms with Gasteiger partial charge in [-0.05, 0) is 48.0 Å². The van der Waals surface area contributed by atoms with Gasteiger partial charge in [-0.1, -0.05) is 30.3 Å². The summed E-state index contributed by atoms with van der Waals surface area (Å²) in [5, 5.41) is 13.7. The van der Waals surface area contributed by atoms with E-state index in [4.69, 9.17) is 4.74 Å². The number of nitrogens with zero attached hydrogens (tertiary/aromatic N) is 3. The first kappa shape index (κ1) is 18.6. The predicted octanol–water partition coefficient (Wildman–Crippen LogP) is 4.48. The lowest BCUT2D eigenvalue weighted by molar-refractivity contribution is 0.191. The minimum absolute atomic E-state index is 0.269. The largest absolute Gasteiger partial charge is 0.457 e. The molecule has 4 aromatic rings. The number of rotatable bonds is 7. The van der Waals surface area contributed by atoms with Crippen molar-refractivity contribution in [1.29, 1.82) is 0 Å². The lowest BCUT2D eigenvalue weighted by Gasteiger charge is -2.14. The molecule has 0 saturated carbocycles. The molecule has 0 fully saturated rings. The van der Waals surface area contributed by atoms with Crippen LogP contribution in [0.3, 0.4) is 0 Å². The molecule has 6 nitrogen and oxygen atoms in total. The monoisotopic (exact) mass is 384 g/mol. The topological polar surface area (TPSA) is 80.2 Å². The number of aromatic nitrogens is 3. The molecular weight excluding hydrogens is 364 g/mol. The summed E-state index contributed by atoms with van der Waals surface area (Å²) in [6.07, 6.45) is 4.41. The molecule has 0 aliphatic rings. The fraction of sp³-hybridized carbons (Fsp3) is 0.0870. The third-order valence-electron chi connectivity index (χ3n) is 4.29. The van der Waals surface area contributed by atoms with Crippen molar-refractivity contribution in [2.45, 2.75) is 6.10 Å². The van der Waals surface area contributed by atoms with Crippen molar-refractivity contribution < 1.29 is 9.84 Å². The van der Waals surface area contributed by atoms with Crippen molar-refractivity contribution >= 4 is 5.95 Å². The Morgan fingerprint density at radius 3 is 2.59 bits per heavy atom. The maximum atomic E-state index is 10.6. The van der Waals surface area contributed by atoms with Gasteiger partial charge in [0.05, 0.1) is 11.8 Å². The Bertz CT molecular complexity index is 1060. The van der Waals surface area contributed by atoms with E-state index < -0.39 is 6.10 Å². The molecule has 2 aromatic carbocycles. The standard InChI is InChI=1S/C23H20N4O2/c28-22(17-6-4-10-20(14-17)29-19-8-2-1-3-9-19)16-26-23-25-13-11-21(27-23)18-7-5-12-24-15-18/h1-15,22,28H,16H2,(H,25,26,27). The average molecular weight is 384 g/mol. The molecule has 1 atom stereocenters. The van der Waals surface area contributed by atoms with E-state index in [1.807, 2.05) is 72.8 Å². The summed E-state index contributed by atoms with van der Waals surface area (Å²) < 4.78 is 5.83. The van der Waals surface area contributed by atoms with Crippen molar-refractivity contribution in [1.82, 2.24) is 15.0 Å². The number of pyridine rings is 1. The molecule has 29 heavy (non-hydrogen) atoms. The van der Waals surface area contributed by atoms with E-state index in [1.165, 1.54) is 0 Å². The number of anilines is 1. The maximum absolute atomic E-state index is 10.6. The molecule has 0 spiro atoms. The highest BCUT2D eigenvalue weighted by Gasteiger charge is 2.10. The quantitative estimate of drug-likeness (QED) is 0.489. The van der Waals surface area contributed by atoms with E-state index in [0.717, 1.165) is 22.6 Å². The first-order valence-corrected chi connectivity index (χ1v) is 9.26. The number of hydrogen-bond donors (Lipinski definition) is 2. The Kier molecular flexibility index (Phi) is 5.73. The summed E-state index contributed by atoms with van der Waals surface area (Å²) in [7, 11) is 0. The Morgan fingerprint density at radius 2 is 1.76 bits per heavy atom. The summed E-state index contributed by atoms with van der Waals surface area (Å²) in [4.78, 5) is 12.8. The van der Waals surface area contributed by atoms with Crippen molar-refractivity contribution in [3.05, 3.63) is 97.0 Å². The molecule has 4 rings (SSSR count). The first-order valence-electron chi connectivity index (χ1n) is 9.26. The van der Waals surface area contributed by atoms with Crippen LogP contribution in [-0.4, -0.2) is 26.6 Å². The smallest absolute Gasteiger partial charge is 0.223 e. The zero-order chi connectivity index (χ0) is 19.9. The predicted molar refractivity (Wildman–Crippen MR) is 112 cm³/mol. The summed E-state index contributed by atoms with van der Waals surface area (Å²) >= 11 is 0.